The van der Waals surface area contributed by atoms with Crippen molar-refractivity contribution in [3.8, 4) is 0 Å². The van der Waals surface area contributed by atoms with Crippen LogP contribution in [0, 0.1) is 0 Å². The van der Waals surface area contributed by atoms with Gasteiger partial charge in [-0.2, -0.15) is 0 Å². The second-order valence-electron chi connectivity index (χ2n) is 7.11. The van der Waals surface area contributed by atoms with Gasteiger partial charge in [-0.1, -0.05) is 61.4 Å². The number of hydrogen-bond donors (Lipinski definition) is 2. The number of nitrogens with one attached hydrogen (secondary N) is 1. The van der Waals surface area contributed by atoms with Gasteiger partial charge in [-0.15, -0.1) is 0 Å². The first kappa shape index (κ1) is 16.9. The Kier molecular flexibility index (Phi) is 4.76. The summed E-state index contributed by atoms with van der Waals surface area (Å²) in [6.45, 7) is 0.723. The van der Waals surface area contributed by atoms with Gasteiger partial charge in [0, 0.05) is 23.6 Å². The summed E-state index contributed by atoms with van der Waals surface area (Å²) >= 11 is 0. The van der Waals surface area contributed by atoms with E-state index < -0.39 is 6.10 Å². The summed E-state index contributed by atoms with van der Waals surface area (Å²) in [5, 5.41) is 14.2. The SMILES string of the molecule is O=C(N[C@@H]1CCCC[C@H]1O)c1cn(Cc2ccccc2)c2ccccc12. The number of amides is 1. The largest absolute Gasteiger partial charge is 0.391 e. The fourth-order valence-corrected chi connectivity index (χ4v) is 3.86. The minimum Gasteiger partial charge on any atom is -0.391 e. The molecule has 1 heterocycles. The third kappa shape index (κ3) is 3.37. The molecule has 4 heteroatoms. The lowest BCUT2D eigenvalue weighted by Crippen LogP contribution is -2.45. The van der Waals surface area contributed by atoms with Gasteiger partial charge in [0.15, 0.2) is 0 Å². The number of aliphatic hydroxyl groups excluding tert-OH is 1. The molecule has 2 N–H and O–H groups in total. The first-order valence-electron chi connectivity index (χ1n) is 9.33. The molecular formula is C22H24N2O2. The summed E-state index contributed by atoms with van der Waals surface area (Å²) in [5.74, 6) is -0.0982. The zero-order chi connectivity index (χ0) is 17.9. The fourth-order valence-electron chi connectivity index (χ4n) is 3.86. The molecular weight excluding hydrogens is 324 g/mol. The van der Waals surface area contributed by atoms with Gasteiger partial charge in [-0.25, -0.2) is 0 Å². The third-order valence-corrected chi connectivity index (χ3v) is 5.27. The molecule has 0 bridgehead atoms. The van der Waals surface area contributed by atoms with Gasteiger partial charge in [0.05, 0.1) is 17.7 Å². The fraction of sp³-hybridized carbons (Fsp3) is 0.318. The van der Waals surface area contributed by atoms with Crippen molar-refractivity contribution in [2.75, 3.05) is 0 Å². The number of hydrogen-bond acceptors (Lipinski definition) is 2. The molecule has 2 atom stereocenters. The standard InChI is InChI=1S/C22H24N2O2/c25-21-13-7-5-11-19(21)23-22(26)18-15-24(14-16-8-2-1-3-9-16)20-12-6-4-10-17(18)20/h1-4,6,8-10,12,15,19,21,25H,5,7,11,13-14H2,(H,23,26)/t19-,21-/m1/s1. The summed E-state index contributed by atoms with van der Waals surface area (Å²) in [4.78, 5) is 12.9. The second-order valence-corrected chi connectivity index (χ2v) is 7.11. The van der Waals surface area contributed by atoms with E-state index >= 15 is 0 Å². The molecule has 1 aliphatic carbocycles. The molecule has 0 radical (unpaired) electrons. The Labute approximate surface area is 153 Å². The van der Waals surface area contributed by atoms with E-state index in [4.69, 9.17) is 0 Å². The van der Waals surface area contributed by atoms with Crippen molar-refractivity contribution in [3.63, 3.8) is 0 Å². The maximum Gasteiger partial charge on any atom is 0.253 e. The maximum absolute atomic E-state index is 12.9. The summed E-state index contributed by atoms with van der Waals surface area (Å²) in [6.07, 6.45) is 5.19. The lowest BCUT2D eigenvalue weighted by Gasteiger charge is -2.28. The van der Waals surface area contributed by atoms with E-state index in [-0.39, 0.29) is 11.9 Å². The molecule has 1 aliphatic rings. The van der Waals surface area contributed by atoms with E-state index in [0.717, 1.165) is 43.1 Å². The third-order valence-electron chi connectivity index (χ3n) is 5.27. The highest BCUT2D eigenvalue weighted by atomic mass is 16.3. The van der Waals surface area contributed by atoms with Crippen molar-refractivity contribution < 1.29 is 9.90 Å². The molecule has 26 heavy (non-hydrogen) atoms. The smallest absolute Gasteiger partial charge is 0.253 e. The van der Waals surface area contributed by atoms with Crippen LogP contribution in [-0.2, 0) is 6.54 Å². The molecule has 1 saturated carbocycles. The molecule has 0 unspecified atom stereocenters. The first-order valence-corrected chi connectivity index (χ1v) is 9.33. The molecule has 0 saturated heterocycles. The monoisotopic (exact) mass is 348 g/mol. The van der Waals surface area contributed by atoms with E-state index in [1.807, 2.05) is 48.7 Å². The number of nitrogens with zero attached hydrogens (tertiary/aromatic N) is 1. The molecule has 1 aromatic heterocycles. The van der Waals surface area contributed by atoms with E-state index in [2.05, 4.69) is 22.0 Å². The van der Waals surface area contributed by atoms with Crippen molar-refractivity contribution in [2.24, 2.45) is 0 Å². The zero-order valence-electron chi connectivity index (χ0n) is 14.8. The molecule has 134 valence electrons. The molecule has 0 aliphatic heterocycles. The Morgan fingerprint density at radius 3 is 2.58 bits per heavy atom. The Morgan fingerprint density at radius 1 is 1.04 bits per heavy atom. The second kappa shape index (κ2) is 7.34. The number of aliphatic hydroxyl groups is 1. The highest BCUT2D eigenvalue weighted by molar-refractivity contribution is 6.07. The Hall–Kier alpha value is -2.59. The first-order chi connectivity index (χ1) is 12.7. The van der Waals surface area contributed by atoms with Crippen LogP contribution in [0.1, 0.15) is 41.6 Å². The van der Waals surface area contributed by atoms with Crippen LogP contribution in [0.25, 0.3) is 10.9 Å². The van der Waals surface area contributed by atoms with Crippen LogP contribution in [0.2, 0.25) is 0 Å². The Bertz CT molecular complexity index is 901. The quantitative estimate of drug-likeness (QED) is 0.755. The molecule has 1 fully saturated rings. The van der Waals surface area contributed by atoms with E-state index in [9.17, 15) is 9.90 Å². The summed E-state index contributed by atoms with van der Waals surface area (Å²) in [5.41, 5.74) is 2.92. The normalized spacial score (nSPS) is 20.2. The molecule has 0 spiro atoms. The highest BCUT2D eigenvalue weighted by Crippen LogP contribution is 2.24. The van der Waals surface area contributed by atoms with E-state index in [1.54, 1.807) is 0 Å². The number of rotatable bonds is 4. The number of fused-ring (bicyclic) bond motifs is 1. The van der Waals surface area contributed by atoms with Crippen LogP contribution in [0.4, 0.5) is 0 Å². The molecule has 3 aromatic rings. The summed E-state index contributed by atoms with van der Waals surface area (Å²) in [7, 11) is 0. The van der Waals surface area contributed by atoms with Crippen molar-refractivity contribution in [1.82, 2.24) is 9.88 Å². The van der Waals surface area contributed by atoms with E-state index in [0.29, 0.717) is 5.56 Å². The summed E-state index contributed by atoms with van der Waals surface area (Å²) < 4.78 is 2.12. The molecule has 4 nitrogen and oxygen atoms in total. The van der Waals surface area contributed by atoms with Gasteiger partial charge in [0.1, 0.15) is 0 Å². The summed E-state index contributed by atoms with van der Waals surface area (Å²) in [6, 6.07) is 18.1. The lowest BCUT2D eigenvalue weighted by molar-refractivity contribution is 0.0718. The predicted molar refractivity (Wildman–Crippen MR) is 103 cm³/mol. The number of aromatic nitrogens is 1. The van der Waals surface area contributed by atoms with Gasteiger partial charge >= 0.3 is 0 Å². The van der Waals surface area contributed by atoms with Crippen LogP contribution in [0.5, 0.6) is 0 Å². The molecule has 2 aromatic carbocycles. The zero-order valence-corrected chi connectivity index (χ0v) is 14.8. The van der Waals surface area contributed by atoms with Crippen LogP contribution in [-0.4, -0.2) is 27.7 Å². The van der Waals surface area contributed by atoms with E-state index in [1.165, 1.54) is 5.56 Å². The van der Waals surface area contributed by atoms with Crippen molar-refractivity contribution in [2.45, 2.75) is 44.4 Å². The highest BCUT2D eigenvalue weighted by Gasteiger charge is 2.26. The Balaban J connectivity index is 1.63. The van der Waals surface area contributed by atoms with Crippen LogP contribution in [0.3, 0.4) is 0 Å². The average molecular weight is 348 g/mol. The van der Waals surface area contributed by atoms with Gasteiger partial charge in [0.25, 0.3) is 5.91 Å². The van der Waals surface area contributed by atoms with Crippen LogP contribution >= 0.6 is 0 Å². The molecule has 1 amide bonds. The minimum absolute atomic E-state index is 0.0982. The van der Waals surface area contributed by atoms with Gasteiger partial charge in [-0.3, -0.25) is 4.79 Å². The minimum atomic E-state index is -0.439. The van der Waals surface area contributed by atoms with Gasteiger partial charge in [0.2, 0.25) is 0 Å². The van der Waals surface area contributed by atoms with Crippen molar-refractivity contribution in [3.05, 3.63) is 71.9 Å². The lowest BCUT2D eigenvalue weighted by atomic mass is 9.92. The van der Waals surface area contributed by atoms with Crippen molar-refractivity contribution in [1.29, 1.82) is 0 Å². The number of para-hydroxylation sites is 1. The topological polar surface area (TPSA) is 54.3 Å². The van der Waals surface area contributed by atoms with Gasteiger partial charge in [-0.05, 0) is 24.5 Å². The number of carbonyl (C=O) groups excluding carboxylic acids is 1. The maximum atomic E-state index is 12.9. The number of benzene rings is 2. The van der Waals surface area contributed by atoms with Crippen LogP contribution in [0.15, 0.2) is 60.8 Å². The van der Waals surface area contributed by atoms with Crippen molar-refractivity contribution >= 4 is 16.8 Å². The Morgan fingerprint density at radius 2 is 1.77 bits per heavy atom. The van der Waals surface area contributed by atoms with Gasteiger partial charge < -0.3 is 15.0 Å². The number of carbonyl (C=O) groups is 1. The van der Waals surface area contributed by atoms with Crippen LogP contribution < -0.4 is 5.32 Å². The predicted octanol–water partition coefficient (Wildman–Crippen LogP) is 3.72. The average Bonchev–Trinajstić information content (AvgIpc) is 3.03. The molecule has 4 rings (SSSR count).